The van der Waals surface area contributed by atoms with Crippen molar-refractivity contribution in [2.24, 2.45) is 0 Å². The summed E-state index contributed by atoms with van der Waals surface area (Å²) in [6.07, 6.45) is 3.72. The number of hydrogen-bond acceptors (Lipinski definition) is 4. The van der Waals surface area contributed by atoms with E-state index in [-0.39, 0.29) is 0 Å². The van der Waals surface area contributed by atoms with Crippen LogP contribution in [0.4, 0.5) is 0 Å². The molecular weight excluding hydrogens is 196 g/mol. The summed E-state index contributed by atoms with van der Waals surface area (Å²) in [4.78, 5) is 6.11. The fourth-order valence-electron chi connectivity index (χ4n) is 1.69. The SMILES string of the molecule is COCCNCc1nc2c(s1)CCC2. The van der Waals surface area contributed by atoms with Gasteiger partial charge in [-0.25, -0.2) is 4.98 Å². The number of nitrogens with zero attached hydrogens (tertiary/aromatic N) is 1. The van der Waals surface area contributed by atoms with Crippen molar-refractivity contribution in [2.75, 3.05) is 20.3 Å². The second-order valence-corrected chi connectivity index (χ2v) is 4.67. The van der Waals surface area contributed by atoms with Gasteiger partial charge in [0.1, 0.15) is 5.01 Å². The largest absolute Gasteiger partial charge is 0.383 e. The summed E-state index contributed by atoms with van der Waals surface area (Å²) in [6.45, 7) is 2.56. The first-order valence-corrected chi connectivity index (χ1v) is 5.89. The highest BCUT2D eigenvalue weighted by molar-refractivity contribution is 7.11. The van der Waals surface area contributed by atoms with Crippen LogP contribution in [0.2, 0.25) is 0 Å². The number of hydrogen-bond donors (Lipinski definition) is 1. The molecule has 0 radical (unpaired) electrons. The van der Waals surface area contributed by atoms with Crippen molar-refractivity contribution in [1.82, 2.24) is 10.3 Å². The molecule has 0 saturated carbocycles. The lowest BCUT2D eigenvalue weighted by molar-refractivity contribution is 0.199. The molecule has 1 aliphatic carbocycles. The normalized spacial score (nSPS) is 14.6. The fourth-order valence-corrected chi connectivity index (χ4v) is 2.82. The van der Waals surface area contributed by atoms with Crippen LogP contribution in [0.15, 0.2) is 0 Å². The van der Waals surface area contributed by atoms with E-state index in [0.717, 1.165) is 19.7 Å². The highest BCUT2D eigenvalue weighted by Gasteiger charge is 2.15. The van der Waals surface area contributed by atoms with Gasteiger partial charge in [0.05, 0.1) is 12.3 Å². The Kier molecular flexibility index (Phi) is 3.50. The number of methoxy groups -OCH3 is 1. The molecule has 1 N–H and O–H groups in total. The van der Waals surface area contributed by atoms with Gasteiger partial charge in [-0.2, -0.15) is 0 Å². The number of nitrogens with one attached hydrogen (secondary N) is 1. The number of fused-ring (bicyclic) bond motifs is 1. The molecule has 14 heavy (non-hydrogen) atoms. The van der Waals surface area contributed by atoms with Crippen molar-refractivity contribution in [3.63, 3.8) is 0 Å². The van der Waals surface area contributed by atoms with Gasteiger partial charge >= 0.3 is 0 Å². The zero-order valence-electron chi connectivity index (χ0n) is 8.51. The highest BCUT2D eigenvalue weighted by Crippen LogP contribution is 2.27. The zero-order chi connectivity index (χ0) is 9.80. The monoisotopic (exact) mass is 212 g/mol. The van der Waals surface area contributed by atoms with E-state index in [9.17, 15) is 0 Å². The summed E-state index contributed by atoms with van der Waals surface area (Å²) in [5, 5.41) is 4.54. The number of thiazole rings is 1. The molecule has 0 fully saturated rings. The molecular formula is C10H16N2OS. The third kappa shape index (κ3) is 2.32. The van der Waals surface area contributed by atoms with Gasteiger partial charge < -0.3 is 10.1 Å². The standard InChI is InChI=1S/C10H16N2OS/c1-13-6-5-11-7-10-12-8-3-2-4-9(8)14-10/h11H,2-7H2,1H3. The van der Waals surface area contributed by atoms with Crippen molar-refractivity contribution >= 4 is 11.3 Å². The lowest BCUT2D eigenvalue weighted by Crippen LogP contribution is -2.18. The van der Waals surface area contributed by atoms with Gasteiger partial charge in [0, 0.05) is 25.1 Å². The summed E-state index contributed by atoms with van der Waals surface area (Å²) >= 11 is 1.87. The molecule has 0 atom stereocenters. The summed E-state index contributed by atoms with van der Waals surface area (Å²) in [5.74, 6) is 0. The van der Waals surface area contributed by atoms with E-state index in [0.29, 0.717) is 0 Å². The Labute approximate surface area is 88.5 Å². The number of rotatable bonds is 5. The highest BCUT2D eigenvalue weighted by atomic mass is 32.1. The van der Waals surface area contributed by atoms with Crippen LogP contribution < -0.4 is 5.32 Å². The van der Waals surface area contributed by atoms with E-state index < -0.39 is 0 Å². The second kappa shape index (κ2) is 4.87. The molecule has 0 bridgehead atoms. The van der Waals surface area contributed by atoms with Crippen LogP contribution in [0.1, 0.15) is 22.0 Å². The maximum absolute atomic E-state index is 4.96. The van der Waals surface area contributed by atoms with E-state index >= 15 is 0 Å². The Morgan fingerprint density at radius 1 is 1.50 bits per heavy atom. The van der Waals surface area contributed by atoms with Crippen LogP contribution in [0, 0.1) is 0 Å². The predicted molar refractivity (Wildman–Crippen MR) is 57.7 cm³/mol. The molecule has 78 valence electrons. The van der Waals surface area contributed by atoms with E-state index in [4.69, 9.17) is 4.74 Å². The number of aromatic nitrogens is 1. The van der Waals surface area contributed by atoms with E-state index in [1.807, 2.05) is 11.3 Å². The van der Waals surface area contributed by atoms with Crippen molar-refractivity contribution in [1.29, 1.82) is 0 Å². The summed E-state index contributed by atoms with van der Waals surface area (Å²) < 4.78 is 4.96. The second-order valence-electron chi connectivity index (χ2n) is 3.50. The van der Waals surface area contributed by atoms with Gasteiger partial charge in [0.15, 0.2) is 0 Å². The quantitative estimate of drug-likeness (QED) is 0.748. The first-order valence-electron chi connectivity index (χ1n) is 5.07. The minimum Gasteiger partial charge on any atom is -0.383 e. The maximum Gasteiger partial charge on any atom is 0.107 e. The Bertz CT molecular complexity index is 277. The zero-order valence-corrected chi connectivity index (χ0v) is 9.32. The van der Waals surface area contributed by atoms with Crippen molar-refractivity contribution in [3.8, 4) is 0 Å². The minimum absolute atomic E-state index is 0.769. The number of aryl methyl sites for hydroxylation is 2. The molecule has 2 rings (SSSR count). The third-order valence-electron chi connectivity index (χ3n) is 2.40. The Hall–Kier alpha value is -0.450. The first-order chi connectivity index (χ1) is 6.90. The van der Waals surface area contributed by atoms with Crippen LogP contribution >= 0.6 is 11.3 Å². The van der Waals surface area contributed by atoms with Crippen molar-refractivity contribution in [3.05, 3.63) is 15.6 Å². The minimum atomic E-state index is 0.769. The Balaban J connectivity index is 1.79. The lowest BCUT2D eigenvalue weighted by atomic mass is 10.4. The van der Waals surface area contributed by atoms with Crippen LogP contribution in [0.25, 0.3) is 0 Å². The number of ether oxygens (including phenoxy) is 1. The van der Waals surface area contributed by atoms with Gasteiger partial charge in [0.25, 0.3) is 0 Å². The Morgan fingerprint density at radius 3 is 3.21 bits per heavy atom. The molecule has 1 aliphatic rings. The molecule has 1 aromatic rings. The van der Waals surface area contributed by atoms with Gasteiger partial charge in [0.2, 0.25) is 0 Å². The molecule has 1 aromatic heterocycles. The first kappa shape index (κ1) is 10.1. The molecule has 0 saturated heterocycles. The van der Waals surface area contributed by atoms with Crippen LogP contribution in [-0.4, -0.2) is 25.2 Å². The molecule has 0 spiro atoms. The summed E-state index contributed by atoms with van der Waals surface area (Å²) in [6, 6.07) is 0. The summed E-state index contributed by atoms with van der Waals surface area (Å²) in [5.41, 5.74) is 1.35. The Morgan fingerprint density at radius 2 is 2.43 bits per heavy atom. The molecule has 0 amide bonds. The van der Waals surface area contributed by atoms with Gasteiger partial charge in [-0.05, 0) is 19.3 Å². The molecule has 0 aliphatic heterocycles. The average Bonchev–Trinajstić information content (AvgIpc) is 2.72. The van der Waals surface area contributed by atoms with Crippen molar-refractivity contribution in [2.45, 2.75) is 25.8 Å². The van der Waals surface area contributed by atoms with E-state index in [2.05, 4.69) is 10.3 Å². The average molecular weight is 212 g/mol. The molecule has 3 nitrogen and oxygen atoms in total. The molecule has 0 aromatic carbocycles. The van der Waals surface area contributed by atoms with Crippen LogP contribution in [0.3, 0.4) is 0 Å². The van der Waals surface area contributed by atoms with Crippen molar-refractivity contribution < 1.29 is 4.74 Å². The van der Waals surface area contributed by atoms with Crippen LogP contribution in [0.5, 0.6) is 0 Å². The van der Waals surface area contributed by atoms with E-state index in [1.54, 1.807) is 7.11 Å². The van der Waals surface area contributed by atoms with Gasteiger partial charge in [-0.1, -0.05) is 0 Å². The fraction of sp³-hybridized carbons (Fsp3) is 0.700. The lowest BCUT2D eigenvalue weighted by Gasteiger charge is -2.00. The topological polar surface area (TPSA) is 34.1 Å². The van der Waals surface area contributed by atoms with Crippen LogP contribution in [-0.2, 0) is 24.1 Å². The molecule has 1 heterocycles. The predicted octanol–water partition coefficient (Wildman–Crippen LogP) is 1.37. The van der Waals surface area contributed by atoms with E-state index in [1.165, 1.54) is 34.8 Å². The third-order valence-corrected chi connectivity index (χ3v) is 3.56. The molecule has 0 unspecified atom stereocenters. The van der Waals surface area contributed by atoms with Gasteiger partial charge in [-0.15, -0.1) is 11.3 Å². The maximum atomic E-state index is 4.96. The van der Waals surface area contributed by atoms with Gasteiger partial charge in [-0.3, -0.25) is 0 Å². The molecule has 4 heteroatoms. The summed E-state index contributed by atoms with van der Waals surface area (Å²) in [7, 11) is 1.72. The smallest absolute Gasteiger partial charge is 0.107 e.